The number of rotatable bonds is 8. The molecule has 1 fully saturated rings. The van der Waals surface area contributed by atoms with Crippen LogP contribution in [0, 0.1) is 11.3 Å². The largest absolute Gasteiger partial charge is 0.497 e. The fourth-order valence-corrected chi connectivity index (χ4v) is 5.02. The number of nitrogens with zero attached hydrogens (tertiary/aromatic N) is 5. The summed E-state index contributed by atoms with van der Waals surface area (Å²) in [7, 11) is 1.64. The molecule has 0 bridgehead atoms. The fourth-order valence-electron chi connectivity index (χ4n) is 5.02. The standard InChI is InChI=1S/C29H27N7O.C4H4O4/c1-37-23-9-5-8-21(16-23)28-33-29-25(18-30)27(32-19-20-6-3-2-4-7-20)24-17-22(35-14-12-31-13-15-35)10-11-26(24)36(29)34-28;5-3(6)1-2-4(7)8/h2-11,16-17,31-32H,12-15,19H2,1H3;1-2H,(H,5,6)(H,7,8)/b;2-1+. The van der Waals surface area contributed by atoms with Crippen molar-refractivity contribution >= 4 is 39.9 Å². The third-order valence-electron chi connectivity index (χ3n) is 7.16. The number of carboxylic acid groups (broad SMARTS) is 2. The summed E-state index contributed by atoms with van der Waals surface area (Å²) < 4.78 is 7.19. The number of carbonyl (C=O) groups is 2. The monoisotopic (exact) mass is 605 g/mol. The molecule has 1 aliphatic rings. The summed E-state index contributed by atoms with van der Waals surface area (Å²) in [6.07, 6.45) is 1.12. The highest BCUT2D eigenvalue weighted by atomic mass is 16.5. The van der Waals surface area contributed by atoms with Crippen LogP contribution in [0.25, 0.3) is 27.9 Å². The molecule has 3 aromatic carbocycles. The first-order chi connectivity index (χ1) is 21.9. The number of pyridine rings is 1. The Labute approximate surface area is 258 Å². The number of ether oxygens (including phenoxy) is 1. The zero-order chi connectivity index (χ0) is 31.8. The van der Waals surface area contributed by atoms with E-state index < -0.39 is 11.9 Å². The summed E-state index contributed by atoms with van der Waals surface area (Å²) in [5.74, 6) is -1.24. The van der Waals surface area contributed by atoms with Gasteiger partial charge in [0.1, 0.15) is 17.4 Å². The van der Waals surface area contributed by atoms with Gasteiger partial charge >= 0.3 is 11.9 Å². The molecule has 0 unspecified atom stereocenters. The molecule has 0 saturated carbocycles. The van der Waals surface area contributed by atoms with Crippen LogP contribution < -0.4 is 20.3 Å². The number of anilines is 2. The Morgan fingerprint density at radius 2 is 1.76 bits per heavy atom. The van der Waals surface area contributed by atoms with Crippen LogP contribution in [0.1, 0.15) is 11.1 Å². The maximum Gasteiger partial charge on any atom is 0.328 e. The molecule has 2 aromatic heterocycles. The van der Waals surface area contributed by atoms with Crippen LogP contribution in [0.15, 0.2) is 84.9 Å². The van der Waals surface area contributed by atoms with Gasteiger partial charge in [0.2, 0.25) is 0 Å². The van der Waals surface area contributed by atoms with Crippen LogP contribution >= 0.6 is 0 Å². The number of nitrogens with one attached hydrogen (secondary N) is 2. The van der Waals surface area contributed by atoms with E-state index in [9.17, 15) is 14.9 Å². The normalized spacial score (nSPS) is 12.8. The predicted molar refractivity (Wildman–Crippen MR) is 170 cm³/mol. The van der Waals surface area contributed by atoms with Gasteiger partial charge in [0.25, 0.3) is 0 Å². The predicted octanol–water partition coefficient (Wildman–Crippen LogP) is 4.16. The van der Waals surface area contributed by atoms with Crippen molar-refractivity contribution in [1.29, 1.82) is 5.26 Å². The van der Waals surface area contributed by atoms with Gasteiger partial charge in [-0.1, -0.05) is 42.5 Å². The lowest BCUT2D eigenvalue weighted by atomic mass is 10.1. The van der Waals surface area contributed by atoms with Crippen molar-refractivity contribution < 1.29 is 24.5 Å². The van der Waals surface area contributed by atoms with Gasteiger partial charge in [-0.2, -0.15) is 5.26 Å². The number of methoxy groups -OCH3 is 1. The van der Waals surface area contributed by atoms with Crippen molar-refractivity contribution in [3.05, 3.63) is 96.1 Å². The second-order valence-electron chi connectivity index (χ2n) is 10.1. The van der Waals surface area contributed by atoms with Gasteiger partial charge in [-0.25, -0.2) is 19.1 Å². The van der Waals surface area contributed by atoms with Crippen molar-refractivity contribution in [2.75, 3.05) is 43.5 Å². The fraction of sp³-hybridized carbons (Fsp3) is 0.182. The first-order valence-electron chi connectivity index (χ1n) is 14.2. The van der Waals surface area contributed by atoms with Crippen LogP contribution in [0.4, 0.5) is 11.4 Å². The minimum atomic E-state index is -1.26. The van der Waals surface area contributed by atoms with E-state index in [4.69, 9.17) is 25.0 Å². The summed E-state index contributed by atoms with van der Waals surface area (Å²) in [4.78, 5) is 26.3. The van der Waals surface area contributed by atoms with Gasteiger partial charge in [0.05, 0.1) is 18.3 Å². The molecule has 0 atom stereocenters. The smallest absolute Gasteiger partial charge is 0.328 e. The number of piperazine rings is 1. The molecule has 3 heterocycles. The number of fused-ring (bicyclic) bond motifs is 3. The number of carboxylic acids is 2. The Hall–Kier alpha value is -5.93. The number of benzene rings is 3. The van der Waals surface area contributed by atoms with E-state index in [2.05, 4.69) is 51.9 Å². The molecule has 45 heavy (non-hydrogen) atoms. The molecule has 1 aliphatic heterocycles. The number of aromatic nitrogens is 3. The van der Waals surface area contributed by atoms with Crippen molar-refractivity contribution in [1.82, 2.24) is 19.9 Å². The zero-order valence-corrected chi connectivity index (χ0v) is 24.5. The molecular weight excluding hydrogens is 574 g/mol. The molecular formula is C33H31N7O5. The van der Waals surface area contributed by atoms with Crippen LogP contribution in [-0.2, 0) is 16.1 Å². The number of nitriles is 1. The molecule has 5 aromatic rings. The first-order valence-corrected chi connectivity index (χ1v) is 14.2. The first kappa shape index (κ1) is 30.5. The Morgan fingerprint density at radius 3 is 2.42 bits per heavy atom. The van der Waals surface area contributed by atoms with E-state index in [1.54, 1.807) is 11.6 Å². The van der Waals surface area contributed by atoms with Gasteiger partial charge in [0.15, 0.2) is 11.5 Å². The third-order valence-corrected chi connectivity index (χ3v) is 7.16. The highest BCUT2D eigenvalue weighted by Gasteiger charge is 2.21. The van der Waals surface area contributed by atoms with E-state index in [1.807, 2.05) is 42.5 Å². The van der Waals surface area contributed by atoms with Crippen molar-refractivity contribution in [2.45, 2.75) is 6.54 Å². The number of hydrogen-bond acceptors (Lipinski definition) is 9. The summed E-state index contributed by atoms with van der Waals surface area (Å²) in [5.41, 5.74) is 5.77. The van der Waals surface area contributed by atoms with Gasteiger partial charge < -0.3 is 30.5 Å². The van der Waals surface area contributed by atoms with E-state index in [0.29, 0.717) is 35.7 Å². The SMILES string of the molecule is COc1cccc(-c2nc3c(C#N)c(NCc4ccccc4)c4cc(N5CCNCC5)ccc4n3n2)c1.O=C(O)/C=C/C(=O)O. The molecule has 1 saturated heterocycles. The van der Waals surface area contributed by atoms with E-state index in [-0.39, 0.29) is 0 Å². The minimum Gasteiger partial charge on any atom is -0.497 e. The Balaban J connectivity index is 0.000000444. The van der Waals surface area contributed by atoms with Gasteiger partial charge in [-0.05, 0) is 35.9 Å². The van der Waals surface area contributed by atoms with Gasteiger partial charge in [-0.3, -0.25) is 0 Å². The number of aliphatic carboxylic acids is 2. The van der Waals surface area contributed by atoms with Crippen molar-refractivity contribution in [2.24, 2.45) is 0 Å². The molecule has 12 heteroatoms. The van der Waals surface area contributed by atoms with Gasteiger partial charge in [-0.15, -0.1) is 5.10 Å². The zero-order valence-electron chi connectivity index (χ0n) is 24.5. The lowest BCUT2D eigenvalue weighted by Crippen LogP contribution is -2.43. The molecule has 6 rings (SSSR count). The maximum absolute atomic E-state index is 10.3. The Bertz CT molecular complexity index is 1890. The van der Waals surface area contributed by atoms with Crippen LogP contribution in [-0.4, -0.2) is 70.0 Å². The molecule has 0 aliphatic carbocycles. The van der Waals surface area contributed by atoms with Crippen LogP contribution in [0.5, 0.6) is 5.75 Å². The second-order valence-corrected chi connectivity index (χ2v) is 10.1. The molecule has 228 valence electrons. The second kappa shape index (κ2) is 14.0. The molecule has 12 nitrogen and oxygen atoms in total. The average molecular weight is 606 g/mol. The molecule has 0 spiro atoms. The van der Waals surface area contributed by atoms with E-state index >= 15 is 0 Å². The highest BCUT2D eigenvalue weighted by molar-refractivity contribution is 6.00. The van der Waals surface area contributed by atoms with Crippen LogP contribution in [0.3, 0.4) is 0 Å². The third kappa shape index (κ3) is 7.18. The Kier molecular flexibility index (Phi) is 9.52. The summed E-state index contributed by atoms with van der Waals surface area (Å²) in [5, 5.41) is 38.7. The lowest BCUT2D eigenvalue weighted by Gasteiger charge is -2.29. The summed E-state index contributed by atoms with van der Waals surface area (Å²) >= 11 is 0. The summed E-state index contributed by atoms with van der Waals surface area (Å²) in [6, 6.07) is 26.6. The molecule has 4 N–H and O–H groups in total. The molecule has 0 amide bonds. The molecule has 0 radical (unpaired) electrons. The highest BCUT2D eigenvalue weighted by Crippen LogP contribution is 2.35. The Morgan fingerprint density at radius 1 is 1.02 bits per heavy atom. The van der Waals surface area contributed by atoms with Crippen LogP contribution in [0.2, 0.25) is 0 Å². The lowest BCUT2D eigenvalue weighted by molar-refractivity contribution is -0.134. The quantitative estimate of drug-likeness (QED) is 0.188. The maximum atomic E-state index is 10.3. The van der Waals surface area contributed by atoms with E-state index in [1.165, 1.54) is 0 Å². The minimum absolute atomic E-state index is 0.475. The van der Waals surface area contributed by atoms with Crippen molar-refractivity contribution in [3.8, 4) is 23.2 Å². The number of hydrogen-bond donors (Lipinski definition) is 4. The topological polar surface area (TPSA) is 165 Å². The van der Waals surface area contributed by atoms with Gasteiger partial charge in [0, 0.05) is 61.5 Å². The average Bonchev–Trinajstić information content (AvgIpc) is 3.52. The van der Waals surface area contributed by atoms with E-state index in [0.717, 1.165) is 65.3 Å². The van der Waals surface area contributed by atoms with Crippen molar-refractivity contribution in [3.63, 3.8) is 0 Å². The summed E-state index contributed by atoms with van der Waals surface area (Å²) in [6.45, 7) is 4.37.